The van der Waals surface area contributed by atoms with E-state index in [2.05, 4.69) is 130 Å². The number of aromatic amines is 2. The van der Waals surface area contributed by atoms with Crippen LogP contribution in [0.25, 0.3) is 33.6 Å². The van der Waals surface area contributed by atoms with Gasteiger partial charge >= 0.3 is 0 Å². The number of fused-ring (bicyclic) bond motifs is 3. The molecule has 0 bridgehead atoms. The lowest BCUT2D eigenvalue weighted by Gasteiger charge is -2.34. The number of aromatic nitrogens is 4. The third kappa shape index (κ3) is 8.44. The van der Waals surface area contributed by atoms with E-state index in [1.807, 2.05) is 48.8 Å². The Morgan fingerprint density at radius 1 is 0.609 bits per heavy atom. The molecule has 2 fully saturated rings. The zero-order chi connectivity index (χ0) is 44.3. The molecule has 6 aromatic rings. The summed E-state index contributed by atoms with van der Waals surface area (Å²) in [6.45, 7) is 14.8. The van der Waals surface area contributed by atoms with Crippen molar-refractivity contribution in [2.45, 2.75) is 90.6 Å². The van der Waals surface area contributed by atoms with Crippen molar-refractivity contribution in [3.8, 4) is 33.6 Å². The van der Waals surface area contributed by atoms with Gasteiger partial charge in [-0.05, 0) is 116 Å². The van der Waals surface area contributed by atoms with Crippen LogP contribution in [-0.4, -0.2) is 103 Å². The Morgan fingerprint density at radius 3 is 1.41 bits per heavy atom. The van der Waals surface area contributed by atoms with Crippen molar-refractivity contribution >= 4 is 11.8 Å². The Labute approximate surface area is 378 Å². The van der Waals surface area contributed by atoms with Crippen molar-refractivity contribution < 1.29 is 9.59 Å². The van der Waals surface area contributed by atoms with Gasteiger partial charge in [-0.1, -0.05) is 113 Å². The number of hydrogen-bond acceptors (Lipinski definition) is 7. The van der Waals surface area contributed by atoms with Gasteiger partial charge in [0.05, 0.1) is 35.9 Å². The number of carbonyl (C=O) groups is 2. The molecule has 0 saturated carbocycles. The number of rotatable bonds is 14. The topological polar surface area (TPSA) is 108 Å². The fourth-order valence-electron chi connectivity index (χ4n) is 10.7. The second-order valence-corrected chi connectivity index (χ2v) is 17.7. The maximum absolute atomic E-state index is 14.4. The van der Waals surface area contributed by atoms with Gasteiger partial charge in [0.1, 0.15) is 23.7 Å². The van der Waals surface area contributed by atoms with Gasteiger partial charge < -0.3 is 19.8 Å². The highest BCUT2D eigenvalue weighted by Crippen LogP contribution is 2.40. The van der Waals surface area contributed by atoms with Gasteiger partial charge in [-0.15, -0.1) is 0 Å². The van der Waals surface area contributed by atoms with E-state index in [-0.39, 0.29) is 36.0 Å². The number of carbonyl (C=O) groups excluding carboxylic acids is 2. The smallest absolute Gasteiger partial charge is 0.245 e. The van der Waals surface area contributed by atoms with Crippen molar-refractivity contribution in [2.24, 2.45) is 0 Å². The van der Waals surface area contributed by atoms with Gasteiger partial charge in [0, 0.05) is 26.2 Å². The molecular weight excluding hydrogens is 795 g/mol. The molecule has 9 rings (SSSR count). The second kappa shape index (κ2) is 19.1. The quantitative estimate of drug-likeness (QED) is 0.112. The largest absolute Gasteiger partial charge is 0.340 e. The van der Waals surface area contributed by atoms with Crippen molar-refractivity contribution in [2.75, 3.05) is 46.3 Å². The van der Waals surface area contributed by atoms with E-state index >= 15 is 0 Å². The molecule has 0 unspecified atom stereocenters. The van der Waals surface area contributed by atoms with Gasteiger partial charge in [0.15, 0.2) is 0 Å². The van der Waals surface area contributed by atoms with Crippen LogP contribution in [-0.2, 0) is 22.7 Å². The molecule has 0 aliphatic carbocycles. The highest BCUT2D eigenvalue weighted by atomic mass is 16.2. The molecule has 0 spiro atoms. The Morgan fingerprint density at radius 2 is 1.02 bits per heavy atom. The minimum atomic E-state index is -0.319. The van der Waals surface area contributed by atoms with E-state index < -0.39 is 0 Å². The van der Waals surface area contributed by atoms with Crippen molar-refractivity contribution in [3.05, 3.63) is 143 Å². The Kier molecular flexibility index (Phi) is 12.9. The summed E-state index contributed by atoms with van der Waals surface area (Å²) in [5.41, 5.74) is 11.2. The molecular formula is C53H63N9O2. The minimum Gasteiger partial charge on any atom is -0.340 e. The van der Waals surface area contributed by atoms with Gasteiger partial charge in [-0.25, -0.2) is 9.97 Å². The van der Waals surface area contributed by atoms with E-state index in [0.29, 0.717) is 0 Å². The maximum Gasteiger partial charge on any atom is 0.245 e. The SMILES string of the molecule is CCN(CC)[C@H](C(=O)N1CCC[C@H]1c1ncc(-c2ccc3c(c2)CN(C)Cc2cc(-c4cnc([C@@H]5CCCN5C(=O)[C@H](c5ccccc5)N(CC)CC)[nH]4)ccc2-3)[nH]1)c1ccccc1. The molecule has 0 radical (unpaired) electrons. The number of nitrogens with zero attached hydrogens (tertiary/aromatic N) is 7. The predicted octanol–water partition coefficient (Wildman–Crippen LogP) is 9.57. The Balaban J connectivity index is 0.936. The molecule has 2 amide bonds. The third-order valence-corrected chi connectivity index (χ3v) is 14.0. The molecule has 3 aliphatic rings. The molecule has 4 atom stereocenters. The molecule has 2 saturated heterocycles. The number of nitrogens with one attached hydrogen (secondary N) is 2. The summed E-state index contributed by atoms with van der Waals surface area (Å²) < 4.78 is 0. The standard InChI is InChI=1S/C53H63N9O2/c1-6-59(7-2)48(36-18-12-10-13-19-36)52(63)61-28-16-22-46(61)50-54-32-44(56-50)38-24-26-42-40(30-38)34-58(5)35-41-31-39(25-27-43(41)42)45-33-55-51(57-45)47-23-17-29-62(47)53(64)49(60(8-3)9-4)37-20-14-11-15-21-37/h10-15,18-21,24-27,30-33,46-49H,6-9,16-17,22-23,28-29,34-35H2,1-5H3,(H,54,56)(H,55,57)/t46-,47-,48-,49-/m0/s1. The predicted molar refractivity (Wildman–Crippen MR) is 254 cm³/mol. The lowest BCUT2D eigenvalue weighted by atomic mass is 9.93. The second-order valence-electron chi connectivity index (χ2n) is 17.7. The van der Waals surface area contributed by atoms with E-state index in [4.69, 9.17) is 9.97 Å². The highest BCUT2D eigenvalue weighted by molar-refractivity contribution is 5.85. The first kappa shape index (κ1) is 43.4. The average molecular weight is 858 g/mol. The number of imidazole rings is 2. The summed E-state index contributed by atoms with van der Waals surface area (Å²) in [6, 6.07) is 33.1. The first-order valence-electron chi connectivity index (χ1n) is 23.5. The molecule has 11 nitrogen and oxygen atoms in total. The van der Waals surface area contributed by atoms with Gasteiger partial charge in [0.25, 0.3) is 0 Å². The summed E-state index contributed by atoms with van der Waals surface area (Å²) in [7, 11) is 2.18. The van der Waals surface area contributed by atoms with Crippen LogP contribution < -0.4 is 0 Å². The Hall–Kier alpha value is -5.88. The first-order chi connectivity index (χ1) is 31.3. The molecule has 3 aliphatic heterocycles. The lowest BCUT2D eigenvalue weighted by molar-refractivity contribution is -0.139. The number of amides is 2. The lowest BCUT2D eigenvalue weighted by Crippen LogP contribution is -2.43. The zero-order valence-corrected chi connectivity index (χ0v) is 38.1. The van der Waals surface area contributed by atoms with Crippen molar-refractivity contribution in [3.63, 3.8) is 0 Å². The number of H-pyrrole nitrogens is 2. The zero-order valence-electron chi connectivity index (χ0n) is 38.1. The van der Waals surface area contributed by atoms with Crippen LogP contribution >= 0.6 is 0 Å². The average Bonchev–Trinajstić information content (AvgIpc) is 4.17. The fourth-order valence-corrected chi connectivity index (χ4v) is 10.7. The number of hydrogen-bond donors (Lipinski definition) is 2. The summed E-state index contributed by atoms with van der Waals surface area (Å²) >= 11 is 0. The molecule has 332 valence electrons. The third-order valence-electron chi connectivity index (χ3n) is 14.0. The monoisotopic (exact) mass is 858 g/mol. The van der Waals surface area contributed by atoms with Crippen molar-refractivity contribution in [1.82, 2.24) is 44.4 Å². The van der Waals surface area contributed by atoms with Crippen molar-refractivity contribution in [1.29, 1.82) is 0 Å². The number of likely N-dealkylation sites (N-methyl/N-ethyl adjacent to an activating group) is 2. The van der Waals surface area contributed by atoms with Crippen LogP contribution in [0.5, 0.6) is 0 Å². The molecule has 11 heteroatoms. The van der Waals surface area contributed by atoms with Crippen LogP contribution in [0.1, 0.15) is 111 Å². The van der Waals surface area contributed by atoms with Gasteiger partial charge in [-0.2, -0.15) is 0 Å². The number of benzene rings is 4. The maximum atomic E-state index is 14.4. The van der Waals surface area contributed by atoms with Crippen LogP contribution in [0.4, 0.5) is 0 Å². The highest BCUT2D eigenvalue weighted by Gasteiger charge is 2.39. The molecule has 5 heterocycles. The van der Waals surface area contributed by atoms with Crippen LogP contribution in [0.3, 0.4) is 0 Å². The molecule has 64 heavy (non-hydrogen) atoms. The fraction of sp³-hybridized carbons (Fsp3) is 0.396. The van der Waals surface area contributed by atoms with Gasteiger partial charge in [0.2, 0.25) is 11.8 Å². The van der Waals surface area contributed by atoms with E-state index in [9.17, 15) is 9.59 Å². The van der Waals surface area contributed by atoms with Crippen LogP contribution in [0, 0.1) is 0 Å². The Bertz CT molecular complexity index is 2370. The van der Waals surface area contributed by atoms with E-state index in [1.165, 1.54) is 22.3 Å². The minimum absolute atomic E-state index is 0.0915. The summed E-state index contributed by atoms with van der Waals surface area (Å²) in [4.78, 5) is 56.9. The first-order valence-corrected chi connectivity index (χ1v) is 23.5. The molecule has 2 N–H and O–H groups in total. The summed E-state index contributed by atoms with van der Waals surface area (Å²) in [6.07, 6.45) is 7.54. The molecule has 4 aromatic carbocycles. The normalized spacial score (nSPS) is 18.6. The summed E-state index contributed by atoms with van der Waals surface area (Å²) in [5, 5.41) is 0. The van der Waals surface area contributed by atoms with E-state index in [0.717, 1.165) is 123 Å². The van der Waals surface area contributed by atoms with Crippen LogP contribution in [0.2, 0.25) is 0 Å². The number of likely N-dealkylation sites (tertiary alicyclic amines) is 2. The van der Waals surface area contributed by atoms with E-state index in [1.54, 1.807) is 0 Å². The van der Waals surface area contributed by atoms with Crippen LogP contribution in [0.15, 0.2) is 109 Å². The molecule has 2 aromatic heterocycles. The summed E-state index contributed by atoms with van der Waals surface area (Å²) in [5.74, 6) is 1.99. The van der Waals surface area contributed by atoms with Gasteiger partial charge in [-0.3, -0.25) is 24.3 Å².